The van der Waals surface area contributed by atoms with Crippen molar-refractivity contribution in [3.05, 3.63) is 74.6 Å². The molecule has 0 spiro atoms. The van der Waals surface area contributed by atoms with Gasteiger partial charge in [-0.1, -0.05) is 29.8 Å². The summed E-state index contributed by atoms with van der Waals surface area (Å²) in [5.74, 6) is 1.20. The summed E-state index contributed by atoms with van der Waals surface area (Å²) in [6.45, 7) is 7.21. The fourth-order valence-corrected chi connectivity index (χ4v) is 5.13. The van der Waals surface area contributed by atoms with Gasteiger partial charge in [-0.05, 0) is 74.0 Å². The highest BCUT2D eigenvalue weighted by Crippen LogP contribution is 2.36. The van der Waals surface area contributed by atoms with Gasteiger partial charge < -0.3 is 9.47 Å². The molecule has 0 saturated carbocycles. The van der Waals surface area contributed by atoms with Gasteiger partial charge in [0.15, 0.2) is 16.7 Å². The van der Waals surface area contributed by atoms with E-state index in [1.807, 2.05) is 74.7 Å². The molecular formula is C25H24ClN3O3S2. The van der Waals surface area contributed by atoms with Crippen molar-refractivity contribution < 1.29 is 14.3 Å². The lowest BCUT2D eigenvalue weighted by atomic mass is 10.1. The fraction of sp³-hybridized carbons (Fsp3) is 0.240. The van der Waals surface area contributed by atoms with Gasteiger partial charge in [-0.3, -0.25) is 9.69 Å². The second-order valence-corrected chi connectivity index (χ2v) is 9.66. The summed E-state index contributed by atoms with van der Waals surface area (Å²) < 4.78 is 11.8. The monoisotopic (exact) mass is 513 g/mol. The Bertz CT molecular complexity index is 1240. The zero-order chi connectivity index (χ0) is 24.1. The number of carbonyl (C=O) groups is 1. The normalized spacial score (nSPS) is 16.0. The van der Waals surface area contributed by atoms with Crippen molar-refractivity contribution >= 4 is 57.0 Å². The minimum absolute atomic E-state index is 0.0689. The minimum Gasteiger partial charge on any atom is -0.490 e. The summed E-state index contributed by atoms with van der Waals surface area (Å²) in [6.07, 6.45) is 1.86. The molecule has 4 rings (SSSR count). The minimum atomic E-state index is -0.0689. The van der Waals surface area contributed by atoms with Crippen LogP contribution in [0.25, 0.3) is 6.08 Å². The molecule has 34 heavy (non-hydrogen) atoms. The van der Waals surface area contributed by atoms with Gasteiger partial charge in [0.2, 0.25) is 5.13 Å². The topological polar surface area (TPSA) is 64.0 Å². The van der Waals surface area contributed by atoms with Crippen LogP contribution in [0.3, 0.4) is 0 Å². The van der Waals surface area contributed by atoms with Crippen LogP contribution in [0.2, 0.25) is 5.02 Å². The van der Waals surface area contributed by atoms with Gasteiger partial charge in [-0.15, -0.1) is 11.3 Å². The molecule has 0 N–H and O–H groups in total. The molecule has 176 valence electrons. The van der Waals surface area contributed by atoms with Crippen LogP contribution in [0.5, 0.6) is 11.5 Å². The van der Waals surface area contributed by atoms with E-state index in [4.69, 9.17) is 21.1 Å². The van der Waals surface area contributed by atoms with Crippen molar-refractivity contribution in [2.24, 2.45) is 4.99 Å². The van der Waals surface area contributed by atoms with Crippen molar-refractivity contribution in [2.75, 3.05) is 13.2 Å². The van der Waals surface area contributed by atoms with E-state index in [1.165, 1.54) is 23.1 Å². The second-order valence-electron chi connectivity index (χ2n) is 7.38. The smallest absolute Gasteiger partial charge is 0.266 e. The Balaban J connectivity index is 1.55. The van der Waals surface area contributed by atoms with Gasteiger partial charge in [0.25, 0.3) is 5.91 Å². The molecule has 1 fully saturated rings. The van der Waals surface area contributed by atoms with Gasteiger partial charge in [-0.2, -0.15) is 4.99 Å². The maximum absolute atomic E-state index is 13.0. The lowest BCUT2D eigenvalue weighted by Crippen LogP contribution is -2.28. The highest BCUT2D eigenvalue weighted by molar-refractivity contribution is 8.18. The predicted octanol–water partition coefficient (Wildman–Crippen LogP) is 6.71. The largest absolute Gasteiger partial charge is 0.490 e. The molecule has 0 atom stereocenters. The first-order valence-electron chi connectivity index (χ1n) is 10.8. The van der Waals surface area contributed by atoms with Crippen molar-refractivity contribution in [2.45, 2.75) is 27.4 Å². The lowest BCUT2D eigenvalue weighted by Gasteiger charge is -2.13. The molecule has 3 aromatic rings. The Labute approximate surface area is 212 Å². The Morgan fingerprint density at radius 1 is 1.12 bits per heavy atom. The maximum atomic E-state index is 13.0. The molecule has 6 nitrogen and oxygen atoms in total. The van der Waals surface area contributed by atoms with E-state index in [-0.39, 0.29) is 5.91 Å². The molecule has 9 heteroatoms. The average molecular weight is 514 g/mol. The van der Waals surface area contributed by atoms with E-state index in [1.54, 1.807) is 4.90 Å². The predicted molar refractivity (Wildman–Crippen MR) is 140 cm³/mol. The highest BCUT2D eigenvalue weighted by Gasteiger charge is 2.32. The molecule has 0 radical (unpaired) electrons. The quantitative estimate of drug-likeness (QED) is 0.313. The van der Waals surface area contributed by atoms with E-state index < -0.39 is 0 Å². The zero-order valence-corrected chi connectivity index (χ0v) is 21.5. The van der Waals surface area contributed by atoms with Crippen LogP contribution < -0.4 is 9.47 Å². The van der Waals surface area contributed by atoms with E-state index in [0.717, 1.165) is 16.8 Å². The summed E-state index contributed by atoms with van der Waals surface area (Å²) in [5.41, 5.74) is 2.77. The van der Waals surface area contributed by atoms with Crippen LogP contribution in [0.4, 0.5) is 5.13 Å². The van der Waals surface area contributed by atoms with Crippen molar-refractivity contribution in [1.29, 1.82) is 0 Å². The molecule has 0 aliphatic carbocycles. The summed E-state index contributed by atoms with van der Waals surface area (Å²) in [6, 6.07) is 13.2. The first-order chi connectivity index (χ1) is 16.5. The number of halogens is 1. The number of rotatable bonds is 8. The first kappa shape index (κ1) is 24.3. The van der Waals surface area contributed by atoms with Crippen molar-refractivity contribution in [3.8, 4) is 11.5 Å². The number of amides is 1. The summed E-state index contributed by atoms with van der Waals surface area (Å²) in [5, 5.41) is 3.92. The molecule has 2 aromatic carbocycles. The molecular weight excluding hydrogens is 490 g/mol. The third kappa shape index (κ3) is 5.81. The van der Waals surface area contributed by atoms with Crippen molar-refractivity contribution in [1.82, 2.24) is 9.88 Å². The van der Waals surface area contributed by atoms with Crippen molar-refractivity contribution in [3.63, 3.8) is 0 Å². The van der Waals surface area contributed by atoms with E-state index in [2.05, 4.69) is 9.98 Å². The summed E-state index contributed by atoms with van der Waals surface area (Å²) in [7, 11) is 0. The highest BCUT2D eigenvalue weighted by atomic mass is 35.5. The number of aliphatic imine (C=N–C) groups is 1. The third-order valence-electron chi connectivity index (χ3n) is 4.88. The van der Waals surface area contributed by atoms with E-state index in [9.17, 15) is 4.79 Å². The number of hydrogen-bond acceptors (Lipinski definition) is 7. The number of aryl methyl sites for hydroxylation is 1. The van der Waals surface area contributed by atoms with Crippen LogP contribution >= 0.6 is 34.7 Å². The molecule has 1 aliphatic rings. The Morgan fingerprint density at radius 2 is 1.91 bits per heavy atom. The standard InChI is InChI=1S/C25H24ClN3O3S2/c1-4-29-23(30)22(34-25(29)28-24-27-16(3)15-33-24)13-18-8-11-20(21(12-18)31-5-2)32-14-17-6-9-19(26)10-7-17/h6-13,15H,4-5,14H2,1-3H3/b22-13-,28-25+. The first-order valence-corrected chi connectivity index (χ1v) is 12.9. The number of aromatic nitrogens is 1. The number of carbonyl (C=O) groups excluding carboxylic acids is 1. The van der Waals surface area contributed by atoms with Crippen LogP contribution in [0.1, 0.15) is 30.7 Å². The van der Waals surface area contributed by atoms with Crippen LogP contribution in [0.15, 0.2) is 57.7 Å². The average Bonchev–Trinajstić information content (AvgIpc) is 3.36. The number of thioether (sulfide) groups is 1. The summed E-state index contributed by atoms with van der Waals surface area (Å²) >= 11 is 8.77. The van der Waals surface area contributed by atoms with E-state index >= 15 is 0 Å². The SMILES string of the molecule is CCOc1cc(/C=C2\S/C(=N/c3nc(C)cs3)N(CC)C2=O)ccc1OCc1ccc(Cl)cc1. The van der Waals surface area contributed by atoms with Gasteiger partial charge in [0.05, 0.1) is 17.2 Å². The van der Waals surface area contributed by atoms with Gasteiger partial charge >= 0.3 is 0 Å². The number of amidine groups is 1. The molecule has 2 heterocycles. The van der Waals surface area contributed by atoms with Gasteiger partial charge in [0, 0.05) is 16.9 Å². The summed E-state index contributed by atoms with van der Waals surface area (Å²) in [4.78, 5) is 24.2. The maximum Gasteiger partial charge on any atom is 0.266 e. The molecule has 1 amide bonds. The molecule has 1 saturated heterocycles. The van der Waals surface area contributed by atoms with Gasteiger partial charge in [0.1, 0.15) is 6.61 Å². The number of nitrogens with zero attached hydrogens (tertiary/aromatic N) is 3. The molecule has 0 unspecified atom stereocenters. The molecule has 1 aromatic heterocycles. The number of ether oxygens (including phenoxy) is 2. The number of hydrogen-bond donors (Lipinski definition) is 0. The lowest BCUT2D eigenvalue weighted by molar-refractivity contribution is -0.122. The number of thiazole rings is 1. The Morgan fingerprint density at radius 3 is 2.59 bits per heavy atom. The Kier molecular flexibility index (Phi) is 7.92. The number of likely N-dealkylation sites (N-methyl/N-ethyl adjacent to an activating group) is 1. The van der Waals surface area contributed by atoms with Crippen LogP contribution in [0, 0.1) is 6.92 Å². The van der Waals surface area contributed by atoms with E-state index in [0.29, 0.717) is 51.5 Å². The van der Waals surface area contributed by atoms with Crippen LogP contribution in [-0.2, 0) is 11.4 Å². The fourth-order valence-electron chi connectivity index (χ4n) is 3.24. The zero-order valence-electron chi connectivity index (χ0n) is 19.1. The van der Waals surface area contributed by atoms with Gasteiger partial charge in [-0.25, -0.2) is 4.98 Å². The molecule has 1 aliphatic heterocycles. The third-order valence-corrected chi connectivity index (χ3v) is 6.99. The number of benzene rings is 2. The Hall–Kier alpha value is -2.81. The second kappa shape index (κ2) is 11.1. The molecule has 0 bridgehead atoms. The van der Waals surface area contributed by atoms with Crippen LogP contribution in [-0.4, -0.2) is 34.1 Å².